The van der Waals surface area contributed by atoms with Crippen molar-refractivity contribution in [2.75, 3.05) is 13.1 Å². The minimum Gasteiger partial charge on any atom is -0.285 e. The molecule has 2 heteroatoms. The molecule has 0 N–H and O–H groups in total. The van der Waals surface area contributed by atoms with Gasteiger partial charge in [-0.15, -0.1) is 11.6 Å². The van der Waals surface area contributed by atoms with E-state index in [1.54, 1.807) is 0 Å². The third kappa shape index (κ3) is 2.85. The largest absolute Gasteiger partial charge is 0.285 e. The van der Waals surface area contributed by atoms with Crippen molar-refractivity contribution in [3.8, 4) is 0 Å². The van der Waals surface area contributed by atoms with Gasteiger partial charge in [0.05, 0.1) is 5.00 Å². The zero-order valence-corrected chi connectivity index (χ0v) is 9.74. The summed E-state index contributed by atoms with van der Waals surface area (Å²) in [5, 5.41) is 0. The zero-order chi connectivity index (χ0) is 9.73. The van der Waals surface area contributed by atoms with Crippen molar-refractivity contribution in [1.82, 2.24) is 4.90 Å². The van der Waals surface area contributed by atoms with E-state index in [9.17, 15) is 0 Å². The van der Waals surface area contributed by atoms with E-state index in [1.807, 2.05) is 0 Å². The van der Waals surface area contributed by atoms with Crippen molar-refractivity contribution in [2.24, 2.45) is 0 Å². The smallest absolute Gasteiger partial charge is 0.0960 e. The van der Waals surface area contributed by atoms with Gasteiger partial charge in [0.25, 0.3) is 0 Å². The van der Waals surface area contributed by atoms with Crippen LogP contribution < -0.4 is 0 Å². The van der Waals surface area contributed by atoms with E-state index in [0.29, 0.717) is 0 Å². The molecule has 0 aliphatic carbocycles. The molecule has 78 valence electrons. The lowest BCUT2D eigenvalue weighted by molar-refractivity contribution is 0.203. The normalized spacial score (nSPS) is 29.8. The highest BCUT2D eigenvalue weighted by Gasteiger charge is 2.37. The quantitative estimate of drug-likeness (QED) is 0.488. The molecule has 0 radical (unpaired) electrons. The molecule has 1 unspecified atom stereocenters. The molecule has 0 saturated carbocycles. The monoisotopic (exact) mass is 203 g/mol. The van der Waals surface area contributed by atoms with Crippen LogP contribution in [0.2, 0.25) is 0 Å². The SMILES string of the molecule is CCCCC1(Cl)CCCN1CCC. The third-order valence-corrected chi connectivity index (χ3v) is 3.58. The fourth-order valence-corrected chi connectivity index (χ4v) is 2.65. The summed E-state index contributed by atoms with van der Waals surface area (Å²) in [5.41, 5.74) is 0. The summed E-state index contributed by atoms with van der Waals surface area (Å²) in [5.74, 6) is 0. The van der Waals surface area contributed by atoms with Crippen LogP contribution in [0.5, 0.6) is 0 Å². The third-order valence-electron chi connectivity index (χ3n) is 2.96. The van der Waals surface area contributed by atoms with Crippen molar-refractivity contribution in [3.63, 3.8) is 0 Å². The summed E-state index contributed by atoms with van der Waals surface area (Å²) in [4.78, 5) is 2.50. The lowest BCUT2D eigenvalue weighted by Gasteiger charge is -2.32. The van der Waals surface area contributed by atoms with Crippen LogP contribution in [0.25, 0.3) is 0 Å². The molecule has 1 fully saturated rings. The van der Waals surface area contributed by atoms with Crippen LogP contribution >= 0.6 is 11.6 Å². The summed E-state index contributed by atoms with van der Waals surface area (Å²) in [6, 6.07) is 0. The van der Waals surface area contributed by atoms with E-state index in [2.05, 4.69) is 18.7 Å². The first-order chi connectivity index (χ1) is 6.23. The Hall–Kier alpha value is 0.250. The van der Waals surface area contributed by atoms with Gasteiger partial charge < -0.3 is 0 Å². The minimum absolute atomic E-state index is 0.0199. The van der Waals surface area contributed by atoms with Gasteiger partial charge in [0.1, 0.15) is 0 Å². The second-order valence-electron chi connectivity index (χ2n) is 4.11. The van der Waals surface area contributed by atoms with Gasteiger partial charge in [0.2, 0.25) is 0 Å². The van der Waals surface area contributed by atoms with Crippen LogP contribution in [0, 0.1) is 0 Å². The molecule has 1 aliphatic rings. The highest BCUT2D eigenvalue weighted by atomic mass is 35.5. The molecule has 1 heterocycles. The van der Waals surface area contributed by atoms with Gasteiger partial charge in [-0.05, 0) is 38.8 Å². The molecule has 1 nitrogen and oxygen atoms in total. The number of hydrogen-bond donors (Lipinski definition) is 0. The van der Waals surface area contributed by atoms with Gasteiger partial charge in [0, 0.05) is 0 Å². The number of rotatable bonds is 5. The minimum atomic E-state index is 0.0199. The molecule has 0 amide bonds. The number of alkyl halides is 1. The Morgan fingerprint density at radius 1 is 1.31 bits per heavy atom. The Kier molecular flexibility index (Phi) is 4.54. The van der Waals surface area contributed by atoms with Crippen LogP contribution in [0.3, 0.4) is 0 Å². The lowest BCUT2D eigenvalue weighted by atomic mass is 10.1. The molecule has 0 spiro atoms. The fraction of sp³-hybridized carbons (Fsp3) is 1.00. The lowest BCUT2D eigenvalue weighted by Crippen LogP contribution is -2.39. The van der Waals surface area contributed by atoms with Gasteiger partial charge in [-0.3, -0.25) is 4.90 Å². The summed E-state index contributed by atoms with van der Waals surface area (Å²) in [6.07, 6.45) is 7.39. The summed E-state index contributed by atoms with van der Waals surface area (Å²) >= 11 is 6.62. The van der Waals surface area contributed by atoms with E-state index in [1.165, 1.54) is 51.6 Å². The zero-order valence-electron chi connectivity index (χ0n) is 8.98. The second kappa shape index (κ2) is 5.21. The highest BCUT2D eigenvalue weighted by molar-refractivity contribution is 6.23. The fourth-order valence-electron chi connectivity index (χ4n) is 2.21. The molecule has 13 heavy (non-hydrogen) atoms. The van der Waals surface area contributed by atoms with Gasteiger partial charge >= 0.3 is 0 Å². The average molecular weight is 204 g/mol. The topological polar surface area (TPSA) is 3.24 Å². The number of hydrogen-bond acceptors (Lipinski definition) is 1. The van der Waals surface area contributed by atoms with Crippen LogP contribution in [0.15, 0.2) is 0 Å². The van der Waals surface area contributed by atoms with Crippen molar-refractivity contribution < 1.29 is 0 Å². The van der Waals surface area contributed by atoms with Crippen LogP contribution in [-0.4, -0.2) is 23.0 Å². The van der Waals surface area contributed by atoms with Gasteiger partial charge in [-0.2, -0.15) is 0 Å². The van der Waals surface area contributed by atoms with E-state index < -0.39 is 0 Å². The van der Waals surface area contributed by atoms with Crippen LogP contribution in [0.1, 0.15) is 52.4 Å². The summed E-state index contributed by atoms with van der Waals surface area (Å²) in [7, 11) is 0. The first kappa shape index (κ1) is 11.3. The van der Waals surface area contributed by atoms with E-state index in [0.717, 1.165) is 0 Å². The highest BCUT2D eigenvalue weighted by Crippen LogP contribution is 2.37. The molecule has 1 atom stereocenters. The predicted molar refractivity (Wildman–Crippen MR) is 59.2 cm³/mol. The molecule has 1 rings (SSSR count). The first-order valence-electron chi connectivity index (χ1n) is 5.67. The van der Waals surface area contributed by atoms with Gasteiger partial charge in [-0.1, -0.05) is 26.7 Å². The summed E-state index contributed by atoms with van der Waals surface area (Å²) < 4.78 is 0. The molecule has 0 aromatic heterocycles. The van der Waals surface area contributed by atoms with Crippen molar-refractivity contribution in [3.05, 3.63) is 0 Å². The molecular formula is C11H22ClN. The molecular weight excluding hydrogens is 182 g/mol. The number of likely N-dealkylation sites (tertiary alicyclic amines) is 1. The number of halogens is 1. The Morgan fingerprint density at radius 2 is 2.08 bits per heavy atom. The molecule has 0 bridgehead atoms. The van der Waals surface area contributed by atoms with Gasteiger partial charge in [-0.25, -0.2) is 0 Å². The van der Waals surface area contributed by atoms with E-state index in [4.69, 9.17) is 11.6 Å². The maximum absolute atomic E-state index is 6.62. The molecule has 0 aromatic carbocycles. The van der Waals surface area contributed by atoms with Crippen molar-refractivity contribution in [1.29, 1.82) is 0 Å². The Morgan fingerprint density at radius 3 is 2.69 bits per heavy atom. The summed E-state index contributed by atoms with van der Waals surface area (Å²) in [6.45, 7) is 6.85. The van der Waals surface area contributed by atoms with E-state index in [-0.39, 0.29) is 5.00 Å². The van der Waals surface area contributed by atoms with Crippen LogP contribution in [0.4, 0.5) is 0 Å². The second-order valence-corrected chi connectivity index (χ2v) is 4.82. The Balaban J connectivity index is 2.43. The predicted octanol–water partition coefficient (Wildman–Crippen LogP) is 3.62. The first-order valence-corrected chi connectivity index (χ1v) is 6.04. The van der Waals surface area contributed by atoms with Crippen LogP contribution in [-0.2, 0) is 0 Å². The Labute approximate surface area is 87.4 Å². The number of unbranched alkanes of at least 4 members (excludes halogenated alkanes) is 1. The van der Waals surface area contributed by atoms with Gasteiger partial charge in [0.15, 0.2) is 0 Å². The average Bonchev–Trinajstić information content (AvgIpc) is 2.46. The maximum Gasteiger partial charge on any atom is 0.0960 e. The Bertz CT molecular complexity index is 149. The molecule has 1 saturated heterocycles. The van der Waals surface area contributed by atoms with E-state index >= 15 is 0 Å². The number of nitrogens with zero attached hydrogens (tertiary/aromatic N) is 1. The molecule has 1 aliphatic heterocycles. The maximum atomic E-state index is 6.62. The standard InChI is InChI=1S/C11H22ClN/c1-3-5-7-11(12)8-6-10-13(11)9-4-2/h3-10H2,1-2H3. The van der Waals surface area contributed by atoms with Crippen molar-refractivity contribution in [2.45, 2.75) is 57.4 Å². The molecule has 0 aromatic rings. The van der Waals surface area contributed by atoms with Crippen molar-refractivity contribution >= 4 is 11.6 Å².